The Labute approximate surface area is 145 Å². The van der Waals surface area contributed by atoms with Crippen LogP contribution in [0.1, 0.15) is 24.1 Å². The Morgan fingerprint density at radius 3 is 2.80 bits per heavy atom. The van der Waals surface area contributed by atoms with Crippen LogP contribution in [0.2, 0.25) is 0 Å². The third-order valence-electron chi connectivity index (χ3n) is 4.74. The molecule has 0 aliphatic carbocycles. The van der Waals surface area contributed by atoms with Crippen molar-refractivity contribution in [1.29, 1.82) is 0 Å². The van der Waals surface area contributed by atoms with Gasteiger partial charge in [-0.3, -0.25) is 14.7 Å². The fourth-order valence-electron chi connectivity index (χ4n) is 3.31. The molecule has 0 radical (unpaired) electrons. The number of ether oxygens (including phenoxy) is 1. The summed E-state index contributed by atoms with van der Waals surface area (Å²) >= 11 is 0. The second kappa shape index (κ2) is 6.58. The van der Waals surface area contributed by atoms with Crippen LogP contribution in [0.5, 0.6) is 5.75 Å². The van der Waals surface area contributed by atoms with E-state index in [1.54, 1.807) is 28.1 Å². The molecule has 2 aliphatic rings. The van der Waals surface area contributed by atoms with Gasteiger partial charge in [-0.05, 0) is 30.7 Å². The van der Waals surface area contributed by atoms with Crippen molar-refractivity contribution in [2.75, 3.05) is 24.6 Å². The summed E-state index contributed by atoms with van der Waals surface area (Å²) < 4.78 is 5.62. The molecule has 25 heavy (non-hydrogen) atoms. The molecule has 1 fully saturated rings. The first-order valence-electron chi connectivity index (χ1n) is 8.53. The van der Waals surface area contributed by atoms with Gasteiger partial charge in [-0.1, -0.05) is 0 Å². The summed E-state index contributed by atoms with van der Waals surface area (Å²) in [6.45, 7) is 2.02. The summed E-state index contributed by atoms with van der Waals surface area (Å²) in [5.74, 6) is 0.753. The highest BCUT2D eigenvalue weighted by molar-refractivity contribution is 5.95. The van der Waals surface area contributed by atoms with Crippen LogP contribution >= 0.6 is 0 Å². The molecule has 0 saturated carbocycles. The van der Waals surface area contributed by atoms with Gasteiger partial charge in [0, 0.05) is 49.4 Å². The molecule has 1 saturated heterocycles. The van der Waals surface area contributed by atoms with Crippen molar-refractivity contribution in [2.45, 2.75) is 25.8 Å². The minimum atomic E-state index is -0.0364. The summed E-state index contributed by atoms with van der Waals surface area (Å²) in [4.78, 5) is 27.7. The fraction of sp³-hybridized carbons (Fsp3) is 0.389. The van der Waals surface area contributed by atoms with Gasteiger partial charge in [0.15, 0.2) is 6.61 Å². The van der Waals surface area contributed by atoms with Gasteiger partial charge in [-0.15, -0.1) is 0 Å². The lowest BCUT2D eigenvalue weighted by molar-refractivity contribution is -0.134. The summed E-state index contributed by atoms with van der Waals surface area (Å²) in [5.41, 5.74) is 3.06. The van der Waals surface area contributed by atoms with E-state index in [0.29, 0.717) is 25.3 Å². The number of nitrogens with zero attached hydrogens (tertiary/aromatic N) is 3. The molecule has 0 bridgehead atoms. The van der Waals surface area contributed by atoms with Crippen molar-refractivity contribution >= 4 is 17.5 Å². The number of rotatable bonds is 4. The third-order valence-corrected chi connectivity index (χ3v) is 4.74. The smallest absolute Gasteiger partial charge is 0.260 e. The van der Waals surface area contributed by atoms with E-state index >= 15 is 0 Å². The Balaban J connectivity index is 1.32. The van der Waals surface area contributed by atoms with Gasteiger partial charge < -0.3 is 14.5 Å². The molecule has 0 atom stereocenters. The van der Waals surface area contributed by atoms with Crippen LogP contribution in [0, 0.1) is 0 Å². The molecule has 1 aromatic heterocycles. The van der Waals surface area contributed by atoms with Crippen molar-refractivity contribution in [3.8, 4) is 5.75 Å². The number of benzene rings is 1. The zero-order valence-corrected chi connectivity index (χ0v) is 13.9. The highest BCUT2D eigenvalue weighted by atomic mass is 16.5. The zero-order chi connectivity index (χ0) is 17.2. The molecule has 130 valence electrons. The van der Waals surface area contributed by atoms with Gasteiger partial charge in [0.25, 0.3) is 5.91 Å². The number of amides is 2. The van der Waals surface area contributed by atoms with E-state index in [1.165, 1.54) is 0 Å². The normalized spacial score (nSPS) is 16.9. The van der Waals surface area contributed by atoms with Crippen molar-refractivity contribution in [3.63, 3.8) is 0 Å². The first-order chi connectivity index (χ1) is 12.2. The fourth-order valence-corrected chi connectivity index (χ4v) is 3.31. The number of aromatic amines is 1. The molecule has 0 unspecified atom stereocenters. The second-order valence-electron chi connectivity index (χ2n) is 6.37. The van der Waals surface area contributed by atoms with E-state index in [2.05, 4.69) is 10.2 Å². The molecule has 4 rings (SSSR count). The van der Waals surface area contributed by atoms with Gasteiger partial charge in [0.2, 0.25) is 5.91 Å². The Hall–Kier alpha value is -2.83. The molecule has 7 nitrogen and oxygen atoms in total. The minimum Gasteiger partial charge on any atom is -0.484 e. The van der Waals surface area contributed by atoms with Crippen molar-refractivity contribution < 1.29 is 14.3 Å². The highest BCUT2D eigenvalue weighted by Gasteiger charge is 2.23. The quantitative estimate of drug-likeness (QED) is 0.915. The molecule has 2 amide bonds. The number of anilines is 1. The Kier molecular flexibility index (Phi) is 4.13. The molecule has 2 aromatic rings. The lowest BCUT2D eigenvalue weighted by Crippen LogP contribution is -2.38. The molecule has 2 aliphatic heterocycles. The summed E-state index contributed by atoms with van der Waals surface area (Å²) in [6.07, 6.45) is 4.08. The summed E-state index contributed by atoms with van der Waals surface area (Å²) in [5, 5.41) is 6.97. The summed E-state index contributed by atoms with van der Waals surface area (Å²) in [7, 11) is 0. The number of hydrogen-bond acceptors (Lipinski definition) is 4. The summed E-state index contributed by atoms with van der Waals surface area (Å²) in [6, 6.07) is 7.33. The van der Waals surface area contributed by atoms with Crippen LogP contribution in [-0.2, 0) is 22.6 Å². The SMILES string of the molecule is O=C(COc1ccc(N2CCCC2=O)cc1)N1CCc2[nH]ncc2C1. The van der Waals surface area contributed by atoms with Gasteiger partial charge in [-0.2, -0.15) is 5.10 Å². The number of carbonyl (C=O) groups is 2. The van der Waals surface area contributed by atoms with E-state index < -0.39 is 0 Å². The van der Waals surface area contributed by atoms with E-state index in [4.69, 9.17) is 4.74 Å². The average molecular weight is 340 g/mol. The first kappa shape index (κ1) is 15.7. The minimum absolute atomic E-state index is 0.00910. The Morgan fingerprint density at radius 1 is 1.20 bits per heavy atom. The van der Waals surface area contributed by atoms with E-state index in [0.717, 1.165) is 36.3 Å². The van der Waals surface area contributed by atoms with E-state index in [9.17, 15) is 9.59 Å². The van der Waals surface area contributed by atoms with Gasteiger partial charge in [-0.25, -0.2) is 0 Å². The van der Waals surface area contributed by atoms with Crippen molar-refractivity contribution in [3.05, 3.63) is 41.7 Å². The standard InChI is InChI=1S/C18H20N4O3/c23-17-2-1-8-22(17)14-3-5-15(6-4-14)25-12-18(24)21-9-7-16-13(11-21)10-19-20-16/h3-6,10H,1-2,7-9,11-12H2,(H,19,20). The topological polar surface area (TPSA) is 78.5 Å². The van der Waals surface area contributed by atoms with Crippen molar-refractivity contribution in [2.24, 2.45) is 0 Å². The van der Waals surface area contributed by atoms with Crippen LogP contribution in [-0.4, -0.2) is 46.6 Å². The van der Waals surface area contributed by atoms with Crippen molar-refractivity contribution in [1.82, 2.24) is 15.1 Å². The maximum Gasteiger partial charge on any atom is 0.260 e. The molecule has 7 heteroatoms. The maximum absolute atomic E-state index is 12.3. The third kappa shape index (κ3) is 3.22. The molecule has 3 heterocycles. The lowest BCUT2D eigenvalue weighted by Gasteiger charge is -2.26. The van der Waals surface area contributed by atoms with Crippen LogP contribution in [0.15, 0.2) is 30.5 Å². The highest BCUT2D eigenvalue weighted by Crippen LogP contribution is 2.24. The lowest BCUT2D eigenvalue weighted by atomic mass is 10.1. The van der Waals surface area contributed by atoms with Gasteiger partial charge in [0.05, 0.1) is 6.20 Å². The van der Waals surface area contributed by atoms with Gasteiger partial charge >= 0.3 is 0 Å². The molecule has 0 spiro atoms. The molecule has 1 N–H and O–H groups in total. The molecular weight excluding hydrogens is 320 g/mol. The zero-order valence-electron chi connectivity index (χ0n) is 13.9. The van der Waals surface area contributed by atoms with Crippen LogP contribution in [0.25, 0.3) is 0 Å². The number of fused-ring (bicyclic) bond motifs is 1. The first-order valence-corrected chi connectivity index (χ1v) is 8.53. The maximum atomic E-state index is 12.3. The Bertz CT molecular complexity index is 784. The molecular formula is C18H20N4O3. The van der Waals surface area contributed by atoms with E-state index in [-0.39, 0.29) is 18.4 Å². The van der Waals surface area contributed by atoms with Crippen LogP contribution < -0.4 is 9.64 Å². The van der Waals surface area contributed by atoms with E-state index in [1.807, 2.05) is 12.1 Å². The number of H-pyrrole nitrogens is 1. The average Bonchev–Trinajstić information content (AvgIpc) is 3.28. The predicted molar refractivity (Wildman–Crippen MR) is 91.2 cm³/mol. The Morgan fingerprint density at radius 2 is 2.04 bits per heavy atom. The number of nitrogens with one attached hydrogen (secondary N) is 1. The largest absolute Gasteiger partial charge is 0.484 e. The number of hydrogen-bond donors (Lipinski definition) is 1. The van der Waals surface area contributed by atoms with Crippen LogP contribution in [0.4, 0.5) is 5.69 Å². The second-order valence-corrected chi connectivity index (χ2v) is 6.37. The number of aromatic nitrogens is 2. The molecule has 1 aromatic carbocycles. The number of carbonyl (C=O) groups excluding carboxylic acids is 2. The monoisotopic (exact) mass is 340 g/mol. The van der Waals surface area contributed by atoms with Crippen LogP contribution in [0.3, 0.4) is 0 Å². The van der Waals surface area contributed by atoms with Gasteiger partial charge in [0.1, 0.15) is 5.75 Å². The predicted octanol–water partition coefficient (Wildman–Crippen LogP) is 1.50.